The summed E-state index contributed by atoms with van der Waals surface area (Å²) in [6.07, 6.45) is 2.87. The summed E-state index contributed by atoms with van der Waals surface area (Å²) >= 11 is 0. The number of aliphatic hydroxyl groups is 1. The summed E-state index contributed by atoms with van der Waals surface area (Å²) in [5, 5.41) is 21.6. The first-order valence-corrected chi connectivity index (χ1v) is 5.34. The average molecular weight is 258 g/mol. The highest BCUT2D eigenvalue weighted by Gasteiger charge is 2.05. The lowest BCUT2D eigenvalue weighted by molar-refractivity contribution is -0.116. The number of rotatable bonds is 3. The molecule has 96 valence electrons. The third-order valence-electron chi connectivity index (χ3n) is 2.04. The van der Waals surface area contributed by atoms with Crippen LogP contribution >= 0.6 is 0 Å². The van der Waals surface area contributed by atoms with Gasteiger partial charge in [-0.2, -0.15) is 0 Å². The third kappa shape index (κ3) is 3.86. The molecule has 8 heteroatoms. The molecule has 1 amide bonds. The number of carbonyl (C=O) groups excluding carboxylic acids is 1. The average Bonchev–Trinajstić information content (AvgIpc) is 2.89. The smallest absolute Gasteiger partial charge is 0.247 e. The van der Waals surface area contributed by atoms with Crippen molar-refractivity contribution in [3.63, 3.8) is 0 Å². The van der Waals surface area contributed by atoms with Crippen molar-refractivity contribution in [2.45, 2.75) is 6.54 Å². The highest BCUT2D eigenvalue weighted by atomic mass is 16.2. The Labute approximate surface area is 108 Å². The summed E-state index contributed by atoms with van der Waals surface area (Å²) in [5.74, 6) is 5.32. The minimum atomic E-state index is -0.299. The van der Waals surface area contributed by atoms with Crippen LogP contribution in [0.2, 0.25) is 0 Å². The van der Waals surface area contributed by atoms with Crippen LogP contribution < -0.4 is 5.32 Å². The predicted octanol–water partition coefficient (Wildman–Crippen LogP) is -0.949. The fraction of sp³-hybridized carbons (Fsp3) is 0.182. The first kappa shape index (κ1) is 12.7. The van der Waals surface area contributed by atoms with Gasteiger partial charge in [-0.15, -0.1) is 5.10 Å². The Kier molecular flexibility index (Phi) is 4.15. The standard InChI is InChI=1S/C11H10N6O2/c18-5-1-2-9-3-4-12-10(6-9)14-11(19)7-17-8-13-15-16-17/h3-4,6,8,18H,5,7H2,(H,12,14,19). The van der Waals surface area contributed by atoms with Crippen LogP contribution in [0.25, 0.3) is 0 Å². The second kappa shape index (κ2) is 6.23. The number of hydrogen-bond donors (Lipinski definition) is 2. The fourth-order valence-corrected chi connectivity index (χ4v) is 1.30. The van der Waals surface area contributed by atoms with E-state index in [-0.39, 0.29) is 19.1 Å². The predicted molar refractivity (Wildman–Crippen MR) is 64.6 cm³/mol. The van der Waals surface area contributed by atoms with Crippen molar-refractivity contribution in [1.82, 2.24) is 25.2 Å². The first-order chi connectivity index (χ1) is 9.28. The number of hydrogen-bond acceptors (Lipinski definition) is 6. The van der Waals surface area contributed by atoms with E-state index in [0.29, 0.717) is 11.4 Å². The highest BCUT2D eigenvalue weighted by molar-refractivity contribution is 5.89. The topological polar surface area (TPSA) is 106 Å². The quantitative estimate of drug-likeness (QED) is 0.688. The Morgan fingerprint density at radius 1 is 1.53 bits per heavy atom. The van der Waals surface area contributed by atoms with E-state index in [9.17, 15) is 4.79 Å². The molecule has 0 atom stereocenters. The van der Waals surface area contributed by atoms with Crippen LogP contribution in [0.1, 0.15) is 5.56 Å². The number of amides is 1. The van der Waals surface area contributed by atoms with E-state index in [1.807, 2.05) is 0 Å². The molecule has 0 aromatic carbocycles. The summed E-state index contributed by atoms with van der Waals surface area (Å²) in [6, 6.07) is 3.29. The number of aromatic nitrogens is 5. The Morgan fingerprint density at radius 2 is 2.42 bits per heavy atom. The molecule has 0 saturated heterocycles. The van der Waals surface area contributed by atoms with Gasteiger partial charge in [-0.05, 0) is 22.6 Å². The van der Waals surface area contributed by atoms with Gasteiger partial charge in [0.2, 0.25) is 5.91 Å². The van der Waals surface area contributed by atoms with Crippen LogP contribution in [0.4, 0.5) is 5.82 Å². The number of carbonyl (C=O) groups is 1. The molecule has 0 aliphatic carbocycles. The van der Waals surface area contributed by atoms with Crippen LogP contribution in [0.5, 0.6) is 0 Å². The lowest BCUT2D eigenvalue weighted by atomic mass is 10.2. The van der Waals surface area contributed by atoms with Gasteiger partial charge in [-0.25, -0.2) is 9.67 Å². The molecule has 2 aromatic rings. The molecule has 0 saturated carbocycles. The van der Waals surface area contributed by atoms with E-state index in [1.54, 1.807) is 12.1 Å². The molecule has 2 N–H and O–H groups in total. The first-order valence-electron chi connectivity index (χ1n) is 5.34. The number of nitrogens with one attached hydrogen (secondary N) is 1. The molecule has 0 aliphatic rings. The zero-order valence-corrected chi connectivity index (χ0v) is 9.82. The number of nitrogens with zero attached hydrogens (tertiary/aromatic N) is 5. The molecule has 0 bridgehead atoms. The maximum absolute atomic E-state index is 11.7. The molecule has 8 nitrogen and oxygen atoms in total. The molecule has 2 rings (SSSR count). The minimum absolute atomic E-state index is 0.00122. The lowest BCUT2D eigenvalue weighted by Gasteiger charge is -2.03. The van der Waals surface area contributed by atoms with E-state index in [1.165, 1.54) is 17.2 Å². The van der Waals surface area contributed by atoms with E-state index in [2.05, 4.69) is 37.7 Å². The summed E-state index contributed by atoms with van der Waals surface area (Å²) in [6.45, 7) is -0.218. The van der Waals surface area contributed by atoms with Crippen LogP contribution in [-0.4, -0.2) is 42.8 Å². The Morgan fingerprint density at radius 3 is 3.16 bits per heavy atom. The highest BCUT2D eigenvalue weighted by Crippen LogP contribution is 2.05. The van der Waals surface area contributed by atoms with Gasteiger partial charge < -0.3 is 10.4 Å². The molecule has 0 aliphatic heterocycles. The van der Waals surface area contributed by atoms with E-state index < -0.39 is 0 Å². The Balaban J connectivity index is 2.00. The zero-order chi connectivity index (χ0) is 13.5. The normalized spacial score (nSPS) is 9.53. The summed E-state index contributed by atoms with van der Waals surface area (Å²) in [5.41, 5.74) is 0.654. The second-order valence-electron chi connectivity index (χ2n) is 3.45. The largest absolute Gasteiger partial charge is 0.384 e. The molecule has 0 fully saturated rings. The maximum Gasteiger partial charge on any atom is 0.247 e. The van der Waals surface area contributed by atoms with Crippen LogP contribution in [0, 0.1) is 11.8 Å². The van der Waals surface area contributed by atoms with Gasteiger partial charge in [0.15, 0.2) is 0 Å². The number of anilines is 1. The minimum Gasteiger partial charge on any atom is -0.384 e. The van der Waals surface area contributed by atoms with Crippen molar-refractivity contribution in [2.24, 2.45) is 0 Å². The number of pyridine rings is 1. The maximum atomic E-state index is 11.7. The van der Waals surface area contributed by atoms with Crippen LogP contribution in [0.15, 0.2) is 24.7 Å². The molecule has 2 aromatic heterocycles. The van der Waals surface area contributed by atoms with Gasteiger partial charge in [-0.1, -0.05) is 11.8 Å². The summed E-state index contributed by atoms with van der Waals surface area (Å²) in [7, 11) is 0. The summed E-state index contributed by atoms with van der Waals surface area (Å²) < 4.78 is 1.30. The Bertz CT molecular complexity index is 614. The SMILES string of the molecule is O=C(Cn1cnnn1)Nc1cc(C#CCO)ccn1. The molecule has 0 spiro atoms. The lowest BCUT2D eigenvalue weighted by Crippen LogP contribution is -2.19. The van der Waals surface area contributed by atoms with Gasteiger partial charge in [0.25, 0.3) is 0 Å². The molecular formula is C11H10N6O2. The molecule has 2 heterocycles. The van der Waals surface area contributed by atoms with Crippen molar-refractivity contribution < 1.29 is 9.90 Å². The Hall–Kier alpha value is -2.79. The summed E-state index contributed by atoms with van der Waals surface area (Å²) in [4.78, 5) is 15.7. The second-order valence-corrected chi connectivity index (χ2v) is 3.45. The van der Waals surface area contributed by atoms with Crippen molar-refractivity contribution in [2.75, 3.05) is 11.9 Å². The van der Waals surface area contributed by atoms with Crippen molar-refractivity contribution >= 4 is 11.7 Å². The van der Waals surface area contributed by atoms with Crippen LogP contribution in [-0.2, 0) is 11.3 Å². The van der Waals surface area contributed by atoms with Gasteiger partial charge in [0.1, 0.15) is 25.3 Å². The van der Waals surface area contributed by atoms with E-state index in [0.717, 1.165) is 0 Å². The van der Waals surface area contributed by atoms with Gasteiger partial charge >= 0.3 is 0 Å². The van der Waals surface area contributed by atoms with Crippen LogP contribution in [0.3, 0.4) is 0 Å². The van der Waals surface area contributed by atoms with Gasteiger partial charge in [0.05, 0.1) is 0 Å². The van der Waals surface area contributed by atoms with E-state index in [4.69, 9.17) is 5.11 Å². The van der Waals surface area contributed by atoms with Gasteiger partial charge in [-0.3, -0.25) is 4.79 Å². The monoisotopic (exact) mass is 258 g/mol. The zero-order valence-electron chi connectivity index (χ0n) is 9.82. The molecule has 19 heavy (non-hydrogen) atoms. The van der Waals surface area contributed by atoms with Gasteiger partial charge in [0, 0.05) is 11.8 Å². The third-order valence-corrected chi connectivity index (χ3v) is 2.04. The fourth-order valence-electron chi connectivity index (χ4n) is 1.30. The number of aliphatic hydroxyl groups excluding tert-OH is 1. The van der Waals surface area contributed by atoms with Crippen molar-refractivity contribution in [3.05, 3.63) is 30.2 Å². The van der Waals surface area contributed by atoms with Crippen molar-refractivity contribution in [1.29, 1.82) is 0 Å². The molecular weight excluding hydrogens is 248 g/mol. The van der Waals surface area contributed by atoms with Crippen molar-refractivity contribution in [3.8, 4) is 11.8 Å². The number of tetrazole rings is 1. The van der Waals surface area contributed by atoms with E-state index >= 15 is 0 Å². The molecule has 0 unspecified atom stereocenters. The molecule has 0 radical (unpaired) electrons.